The Bertz CT molecular complexity index is 1030. The summed E-state index contributed by atoms with van der Waals surface area (Å²) in [5, 5.41) is 0.704. The zero-order valence-electron chi connectivity index (χ0n) is 15.0. The third-order valence-corrected chi connectivity index (χ3v) is 6.36. The molecule has 1 fully saturated rings. The first-order valence-corrected chi connectivity index (χ1v) is 10.2. The summed E-state index contributed by atoms with van der Waals surface area (Å²) < 4.78 is 0. The minimum Gasteiger partial charge on any atom is -0.290 e. The molecule has 0 spiro atoms. The highest BCUT2D eigenvalue weighted by Gasteiger charge is 2.30. The van der Waals surface area contributed by atoms with Crippen LogP contribution in [-0.2, 0) is 4.79 Å². The number of hydrogen-bond donors (Lipinski definition) is 0. The van der Waals surface area contributed by atoms with E-state index in [1.807, 2.05) is 55.5 Å². The van der Waals surface area contributed by atoms with Gasteiger partial charge < -0.3 is 0 Å². The van der Waals surface area contributed by atoms with Crippen LogP contribution in [0.3, 0.4) is 0 Å². The van der Waals surface area contributed by atoms with E-state index >= 15 is 0 Å². The van der Waals surface area contributed by atoms with Gasteiger partial charge in [-0.05, 0) is 54.6 Å². The van der Waals surface area contributed by atoms with E-state index in [9.17, 15) is 4.79 Å². The van der Waals surface area contributed by atoms with E-state index in [-0.39, 0.29) is 5.91 Å². The molecule has 27 heavy (non-hydrogen) atoms. The zero-order chi connectivity index (χ0) is 18.8. The Morgan fingerprint density at radius 3 is 2.44 bits per heavy atom. The predicted octanol–water partition coefficient (Wildman–Crippen LogP) is 5.96. The van der Waals surface area contributed by atoms with Gasteiger partial charge in [-0.2, -0.15) is 0 Å². The summed E-state index contributed by atoms with van der Waals surface area (Å²) in [6, 6.07) is 22.4. The van der Waals surface area contributed by atoms with Crippen LogP contribution in [0.5, 0.6) is 0 Å². The Kier molecular flexibility index (Phi) is 4.97. The van der Waals surface area contributed by atoms with Crippen molar-refractivity contribution >= 4 is 45.9 Å². The molecule has 0 bridgehead atoms. The molecule has 1 aliphatic heterocycles. The van der Waals surface area contributed by atoms with E-state index in [2.05, 4.69) is 29.3 Å². The quantitative estimate of drug-likeness (QED) is 0.517. The molecular formula is C22H18N2OS2. The average molecular weight is 391 g/mol. The Labute approximate surface area is 167 Å². The third kappa shape index (κ3) is 3.89. The normalized spacial score (nSPS) is 17.3. The number of amides is 1. The third-order valence-electron chi connectivity index (χ3n) is 4.22. The second-order valence-corrected chi connectivity index (χ2v) is 8.40. The van der Waals surface area contributed by atoms with Gasteiger partial charge in [-0.15, -0.1) is 11.3 Å². The first-order chi connectivity index (χ1) is 13.1. The standard InChI is InChI=1S/C22H18N2OS2/c1-15-8-10-17(11-9-15)23-22-24(2)21(25)20(27-22)14-18-12-13-19(26-18)16-6-4-3-5-7-16/h3-14H,1-2H3/b20-14-,23-22?. The molecule has 1 amide bonds. The summed E-state index contributed by atoms with van der Waals surface area (Å²) in [6.07, 6.45) is 1.96. The predicted molar refractivity (Wildman–Crippen MR) is 116 cm³/mol. The molecule has 1 saturated heterocycles. The summed E-state index contributed by atoms with van der Waals surface area (Å²) in [5.41, 5.74) is 3.23. The van der Waals surface area contributed by atoms with Crippen LogP contribution in [0.2, 0.25) is 0 Å². The molecule has 0 saturated carbocycles. The number of aryl methyl sites for hydroxylation is 1. The molecular weight excluding hydrogens is 372 g/mol. The highest BCUT2D eigenvalue weighted by Crippen LogP contribution is 2.35. The van der Waals surface area contributed by atoms with Crippen molar-refractivity contribution in [2.45, 2.75) is 6.92 Å². The lowest BCUT2D eigenvalue weighted by molar-refractivity contribution is -0.121. The number of thiophene rings is 1. The van der Waals surface area contributed by atoms with Crippen molar-refractivity contribution in [3.63, 3.8) is 0 Å². The number of rotatable bonds is 3. The van der Waals surface area contributed by atoms with Crippen LogP contribution >= 0.6 is 23.1 Å². The molecule has 4 rings (SSSR count). The Morgan fingerprint density at radius 2 is 1.70 bits per heavy atom. The number of carbonyl (C=O) groups is 1. The van der Waals surface area contributed by atoms with Crippen LogP contribution in [0.25, 0.3) is 16.5 Å². The Balaban J connectivity index is 1.58. The number of nitrogens with zero attached hydrogens (tertiary/aromatic N) is 2. The number of benzene rings is 2. The van der Waals surface area contributed by atoms with Gasteiger partial charge in [0, 0.05) is 16.8 Å². The van der Waals surface area contributed by atoms with Crippen LogP contribution < -0.4 is 0 Å². The maximum absolute atomic E-state index is 12.6. The van der Waals surface area contributed by atoms with Gasteiger partial charge in [-0.25, -0.2) is 4.99 Å². The van der Waals surface area contributed by atoms with Crippen LogP contribution in [0.15, 0.2) is 76.6 Å². The van der Waals surface area contributed by atoms with E-state index in [0.717, 1.165) is 10.6 Å². The second kappa shape index (κ2) is 7.55. The number of thioether (sulfide) groups is 1. The van der Waals surface area contributed by atoms with Crippen molar-refractivity contribution in [3.05, 3.63) is 82.1 Å². The zero-order valence-corrected chi connectivity index (χ0v) is 16.7. The molecule has 0 radical (unpaired) electrons. The Morgan fingerprint density at radius 1 is 0.963 bits per heavy atom. The summed E-state index contributed by atoms with van der Waals surface area (Å²) in [6.45, 7) is 2.04. The molecule has 1 aliphatic rings. The van der Waals surface area contributed by atoms with E-state index < -0.39 is 0 Å². The molecule has 134 valence electrons. The molecule has 1 aromatic heterocycles. The molecule has 0 atom stereocenters. The Hall–Kier alpha value is -2.63. The summed E-state index contributed by atoms with van der Waals surface area (Å²) in [5.74, 6) is -0.0134. The number of hydrogen-bond acceptors (Lipinski definition) is 4. The molecule has 3 aromatic rings. The number of likely N-dealkylation sites (N-methyl/N-ethyl adjacent to an activating group) is 1. The van der Waals surface area contributed by atoms with Crippen LogP contribution in [0.1, 0.15) is 10.4 Å². The van der Waals surface area contributed by atoms with Crippen molar-refractivity contribution in [1.82, 2.24) is 4.90 Å². The van der Waals surface area contributed by atoms with E-state index in [0.29, 0.717) is 10.1 Å². The van der Waals surface area contributed by atoms with E-state index in [4.69, 9.17) is 0 Å². The highest BCUT2D eigenvalue weighted by molar-refractivity contribution is 8.18. The molecule has 2 aromatic carbocycles. The van der Waals surface area contributed by atoms with Gasteiger partial charge in [0.2, 0.25) is 0 Å². The van der Waals surface area contributed by atoms with Crippen molar-refractivity contribution in [1.29, 1.82) is 0 Å². The molecule has 0 N–H and O–H groups in total. The second-order valence-electron chi connectivity index (χ2n) is 6.27. The number of carbonyl (C=O) groups excluding carboxylic acids is 1. The summed E-state index contributed by atoms with van der Waals surface area (Å²) >= 11 is 3.10. The molecule has 2 heterocycles. The van der Waals surface area contributed by atoms with Gasteiger partial charge in [-0.1, -0.05) is 48.0 Å². The lowest BCUT2D eigenvalue weighted by Gasteiger charge is -2.07. The van der Waals surface area contributed by atoms with Crippen molar-refractivity contribution in [2.75, 3.05) is 7.05 Å². The van der Waals surface area contributed by atoms with Gasteiger partial charge in [0.1, 0.15) is 0 Å². The minimum absolute atomic E-state index is 0.0134. The average Bonchev–Trinajstić information content (AvgIpc) is 3.26. The monoisotopic (exact) mass is 390 g/mol. The van der Waals surface area contributed by atoms with Gasteiger partial charge >= 0.3 is 0 Å². The van der Waals surface area contributed by atoms with Gasteiger partial charge in [0.05, 0.1) is 10.6 Å². The van der Waals surface area contributed by atoms with E-state index in [1.165, 1.54) is 27.8 Å². The van der Waals surface area contributed by atoms with Crippen LogP contribution in [0, 0.1) is 6.92 Å². The number of aliphatic imine (C=N–C) groups is 1. The highest BCUT2D eigenvalue weighted by atomic mass is 32.2. The first-order valence-electron chi connectivity index (χ1n) is 8.58. The van der Waals surface area contributed by atoms with Gasteiger partial charge in [0.25, 0.3) is 5.91 Å². The number of amidine groups is 1. The minimum atomic E-state index is -0.0134. The van der Waals surface area contributed by atoms with Gasteiger partial charge in [-0.3, -0.25) is 9.69 Å². The largest absolute Gasteiger partial charge is 0.290 e. The molecule has 0 unspecified atom stereocenters. The molecule has 5 heteroatoms. The van der Waals surface area contributed by atoms with E-state index in [1.54, 1.807) is 23.3 Å². The fraction of sp³-hybridized carbons (Fsp3) is 0.0909. The summed E-state index contributed by atoms with van der Waals surface area (Å²) in [7, 11) is 1.77. The fourth-order valence-corrected chi connectivity index (χ4v) is 4.71. The smallest absolute Gasteiger partial charge is 0.266 e. The van der Waals surface area contributed by atoms with Crippen molar-refractivity contribution in [2.24, 2.45) is 4.99 Å². The topological polar surface area (TPSA) is 32.7 Å². The maximum Gasteiger partial charge on any atom is 0.266 e. The van der Waals surface area contributed by atoms with Gasteiger partial charge in [0.15, 0.2) is 5.17 Å². The van der Waals surface area contributed by atoms with Crippen LogP contribution in [0.4, 0.5) is 5.69 Å². The lowest BCUT2D eigenvalue weighted by atomic mass is 10.2. The lowest BCUT2D eigenvalue weighted by Crippen LogP contribution is -2.23. The van der Waals surface area contributed by atoms with Crippen molar-refractivity contribution < 1.29 is 4.79 Å². The van der Waals surface area contributed by atoms with Crippen LogP contribution in [-0.4, -0.2) is 23.0 Å². The summed E-state index contributed by atoms with van der Waals surface area (Å²) in [4.78, 5) is 21.8. The SMILES string of the molecule is Cc1ccc(N=C2S/C(=C\c3ccc(-c4ccccc4)s3)C(=O)N2C)cc1. The maximum atomic E-state index is 12.6. The molecule has 3 nitrogen and oxygen atoms in total. The molecule has 0 aliphatic carbocycles. The fourth-order valence-electron chi connectivity index (χ4n) is 2.70. The van der Waals surface area contributed by atoms with Crippen molar-refractivity contribution in [3.8, 4) is 10.4 Å². The first kappa shape index (κ1) is 17.8.